The van der Waals surface area contributed by atoms with E-state index in [1.54, 1.807) is 36.4 Å². The van der Waals surface area contributed by atoms with Crippen LogP contribution < -0.4 is 9.64 Å². The lowest BCUT2D eigenvalue weighted by Crippen LogP contribution is -2.53. The maximum Gasteiger partial charge on any atom is 0.303 e. The molecular formula is C39H36ClIN2O8. The molecule has 0 radical (unpaired) electrons. The summed E-state index contributed by atoms with van der Waals surface area (Å²) in [4.78, 5) is 71.8. The number of carboxylic acid groups (broad SMARTS) is 1. The molecule has 0 bridgehead atoms. The van der Waals surface area contributed by atoms with Gasteiger partial charge in [0.1, 0.15) is 0 Å². The van der Waals surface area contributed by atoms with E-state index in [1.807, 2.05) is 59.0 Å². The molecule has 0 aromatic heterocycles. The van der Waals surface area contributed by atoms with Crippen molar-refractivity contribution >= 4 is 69.5 Å². The number of carbonyl (C=O) groups excluding carboxylic acids is 4. The molecule has 51 heavy (non-hydrogen) atoms. The quantitative estimate of drug-likeness (QED) is 0.103. The molecule has 2 saturated heterocycles. The van der Waals surface area contributed by atoms with E-state index in [-0.39, 0.29) is 49.1 Å². The fourth-order valence-corrected chi connectivity index (χ4v) is 9.85. The van der Waals surface area contributed by atoms with Crippen LogP contribution in [0.25, 0.3) is 0 Å². The highest BCUT2D eigenvalue weighted by atomic mass is 127. The van der Waals surface area contributed by atoms with Crippen molar-refractivity contribution in [3.05, 3.63) is 98.1 Å². The maximum absolute atomic E-state index is 15.3. The summed E-state index contributed by atoms with van der Waals surface area (Å²) in [6.45, 7) is 0.195. The van der Waals surface area contributed by atoms with Crippen LogP contribution in [0.15, 0.2) is 78.4 Å². The Hall–Kier alpha value is -4.23. The Bertz CT molecular complexity index is 1980. The number of fused-ring (bicyclic) bond motifs is 4. The van der Waals surface area contributed by atoms with Crippen LogP contribution >= 0.6 is 34.2 Å². The monoisotopic (exact) mass is 822 g/mol. The zero-order chi connectivity index (χ0) is 36.2. The second-order valence-electron chi connectivity index (χ2n) is 13.7. The molecule has 3 aromatic rings. The first kappa shape index (κ1) is 35.2. The highest BCUT2D eigenvalue weighted by Gasteiger charge is 2.70. The van der Waals surface area contributed by atoms with Crippen LogP contribution in [0.2, 0.25) is 5.02 Å². The number of benzene rings is 3. The van der Waals surface area contributed by atoms with Crippen LogP contribution in [-0.2, 0) is 29.4 Å². The van der Waals surface area contributed by atoms with Crippen LogP contribution in [0.4, 0.5) is 5.69 Å². The second kappa shape index (κ2) is 13.7. The number of amides is 4. The Balaban J connectivity index is 1.39. The number of hydrogen-bond donors (Lipinski definition) is 2. The van der Waals surface area contributed by atoms with E-state index in [2.05, 4.69) is 0 Å². The summed E-state index contributed by atoms with van der Waals surface area (Å²) in [6, 6.07) is 19.4. The van der Waals surface area contributed by atoms with E-state index >= 15 is 4.79 Å². The number of aromatic hydroxyl groups is 1. The van der Waals surface area contributed by atoms with Gasteiger partial charge in [-0.25, -0.2) is 4.90 Å². The standard InChI is InChI=1S/C39H36ClIN2O8/c1-51-30-18-21(17-29(41)34(30)46)33-25-14-15-26-32(37(49)42(35(26)47)16-7-3-6-13-31(44)45)27(25)20-28-36(48)43(24-12-8-11-23(40)19-24)38(50)39(28,33)22-9-4-2-5-10-22/h2,4-5,8-12,14,17-19,26-28,32-33,46H,3,6-7,13,15-16,20H2,1H3,(H,44,45)/t26-,27+,28-,32-,33-,39+/m0/s1. The molecule has 4 amide bonds. The third kappa shape index (κ3) is 5.63. The van der Waals surface area contributed by atoms with Gasteiger partial charge in [-0.3, -0.25) is 28.9 Å². The Morgan fingerprint density at radius 1 is 0.961 bits per heavy atom. The highest BCUT2D eigenvalue weighted by Crippen LogP contribution is 2.65. The number of hydrogen-bond acceptors (Lipinski definition) is 7. The van der Waals surface area contributed by atoms with Crippen molar-refractivity contribution in [1.82, 2.24) is 4.90 Å². The van der Waals surface area contributed by atoms with Crippen molar-refractivity contribution in [3.63, 3.8) is 0 Å². The van der Waals surface area contributed by atoms with E-state index in [9.17, 15) is 24.3 Å². The molecule has 264 valence electrons. The van der Waals surface area contributed by atoms with Crippen molar-refractivity contribution in [2.45, 2.75) is 49.9 Å². The Morgan fingerprint density at radius 2 is 1.73 bits per heavy atom. The molecule has 1 saturated carbocycles. The lowest BCUT2D eigenvalue weighted by molar-refractivity contribution is -0.141. The van der Waals surface area contributed by atoms with Crippen LogP contribution in [0.5, 0.6) is 11.5 Å². The number of nitrogens with zero attached hydrogens (tertiary/aromatic N) is 2. The van der Waals surface area contributed by atoms with E-state index in [1.165, 1.54) is 16.9 Å². The molecule has 3 aromatic carbocycles. The van der Waals surface area contributed by atoms with Crippen LogP contribution in [-0.4, -0.2) is 58.4 Å². The minimum absolute atomic E-state index is 0.0222. The van der Waals surface area contributed by atoms with E-state index < -0.39 is 52.8 Å². The zero-order valence-corrected chi connectivity index (χ0v) is 30.7. The fraction of sp³-hybridized carbons (Fsp3) is 0.359. The number of halogens is 2. The molecule has 10 nitrogen and oxygen atoms in total. The summed E-state index contributed by atoms with van der Waals surface area (Å²) in [7, 11) is 1.45. The predicted octanol–water partition coefficient (Wildman–Crippen LogP) is 6.47. The van der Waals surface area contributed by atoms with Gasteiger partial charge in [0, 0.05) is 23.9 Å². The van der Waals surface area contributed by atoms with Crippen molar-refractivity contribution in [1.29, 1.82) is 0 Å². The first-order chi connectivity index (χ1) is 24.5. The molecule has 3 fully saturated rings. The molecule has 2 aliphatic carbocycles. The van der Waals surface area contributed by atoms with Gasteiger partial charge in [-0.15, -0.1) is 0 Å². The van der Waals surface area contributed by atoms with Gasteiger partial charge < -0.3 is 14.9 Å². The summed E-state index contributed by atoms with van der Waals surface area (Å²) in [5.41, 5.74) is 0.978. The number of likely N-dealkylation sites (tertiary alicyclic amines) is 1. The lowest BCUT2D eigenvalue weighted by Gasteiger charge is -2.50. The van der Waals surface area contributed by atoms with Gasteiger partial charge in [-0.1, -0.05) is 66.1 Å². The number of anilines is 1. The molecular weight excluding hydrogens is 787 g/mol. The normalized spacial score (nSPS) is 26.9. The maximum atomic E-state index is 15.3. The van der Waals surface area contributed by atoms with Gasteiger partial charge in [-0.05, 0) is 95.7 Å². The SMILES string of the molecule is COc1cc([C@H]2C3=CC[C@@H]4C(=O)N(CCCCCC(=O)O)C(=O)[C@@H]4[C@@H]3C[C@H]3C(=O)N(c4cccc(Cl)c4)C(=O)[C@@]23c2ccccc2)cc(I)c1O. The van der Waals surface area contributed by atoms with E-state index in [0.29, 0.717) is 44.7 Å². The van der Waals surface area contributed by atoms with Crippen molar-refractivity contribution in [2.75, 3.05) is 18.6 Å². The van der Waals surface area contributed by atoms with Gasteiger partial charge in [0.05, 0.1) is 39.5 Å². The van der Waals surface area contributed by atoms with Gasteiger partial charge in [-0.2, -0.15) is 0 Å². The Morgan fingerprint density at radius 3 is 2.43 bits per heavy atom. The highest BCUT2D eigenvalue weighted by molar-refractivity contribution is 14.1. The number of phenolic OH excluding ortho intramolecular Hbond substituents is 1. The molecule has 0 unspecified atom stereocenters. The third-order valence-electron chi connectivity index (χ3n) is 11.1. The van der Waals surface area contributed by atoms with Gasteiger partial charge >= 0.3 is 5.97 Å². The molecule has 12 heteroatoms. The summed E-state index contributed by atoms with van der Waals surface area (Å²) >= 11 is 8.41. The lowest BCUT2D eigenvalue weighted by atomic mass is 9.49. The van der Waals surface area contributed by atoms with Crippen molar-refractivity contribution < 1.29 is 38.9 Å². The predicted molar refractivity (Wildman–Crippen MR) is 196 cm³/mol. The molecule has 2 heterocycles. The summed E-state index contributed by atoms with van der Waals surface area (Å²) < 4.78 is 6.08. The number of carboxylic acids is 1. The number of imide groups is 2. The van der Waals surface area contributed by atoms with Crippen LogP contribution in [0.1, 0.15) is 55.6 Å². The molecule has 2 N–H and O–H groups in total. The number of rotatable bonds is 10. The smallest absolute Gasteiger partial charge is 0.303 e. The second-order valence-corrected chi connectivity index (χ2v) is 15.3. The molecule has 4 aliphatic rings. The van der Waals surface area contributed by atoms with Crippen molar-refractivity contribution in [2.24, 2.45) is 23.7 Å². The largest absolute Gasteiger partial charge is 0.504 e. The summed E-state index contributed by atoms with van der Waals surface area (Å²) in [5.74, 6) is -5.67. The molecule has 2 aliphatic heterocycles. The van der Waals surface area contributed by atoms with Crippen LogP contribution in [0.3, 0.4) is 0 Å². The summed E-state index contributed by atoms with van der Waals surface area (Å²) in [5, 5.41) is 20.2. The zero-order valence-electron chi connectivity index (χ0n) is 27.8. The number of allylic oxidation sites excluding steroid dienone is 2. The Labute approximate surface area is 313 Å². The molecule has 0 spiro atoms. The fourth-order valence-electron chi connectivity index (χ4n) is 9.04. The van der Waals surface area contributed by atoms with Crippen LogP contribution in [0, 0.1) is 27.2 Å². The number of aliphatic carboxylic acids is 1. The van der Waals surface area contributed by atoms with Gasteiger partial charge in [0.15, 0.2) is 11.5 Å². The number of phenols is 1. The molecule has 6 atom stereocenters. The van der Waals surface area contributed by atoms with Gasteiger partial charge in [0.2, 0.25) is 23.6 Å². The number of carbonyl (C=O) groups is 5. The molecule has 7 rings (SSSR count). The number of unbranched alkanes of at least 4 members (excludes halogenated alkanes) is 2. The average molecular weight is 823 g/mol. The van der Waals surface area contributed by atoms with Crippen molar-refractivity contribution in [3.8, 4) is 11.5 Å². The minimum Gasteiger partial charge on any atom is -0.504 e. The third-order valence-corrected chi connectivity index (χ3v) is 12.2. The first-order valence-corrected chi connectivity index (χ1v) is 18.5. The summed E-state index contributed by atoms with van der Waals surface area (Å²) in [6.07, 6.45) is 3.97. The van der Waals surface area contributed by atoms with E-state index in [0.717, 1.165) is 5.57 Å². The average Bonchev–Trinajstić information content (AvgIpc) is 3.49. The topological polar surface area (TPSA) is 142 Å². The Kier molecular flexibility index (Phi) is 9.47. The minimum atomic E-state index is -1.45. The number of methoxy groups -OCH3 is 1. The van der Waals surface area contributed by atoms with Gasteiger partial charge in [0.25, 0.3) is 0 Å². The van der Waals surface area contributed by atoms with E-state index in [4.69, 9.17) is 21.4 Å². The number of ether oxygens (including phenoxy) is 1. The first-order valence-electron chi connectivity index (χ1n) is 17.0.